The number of alkyl halides is 1. The van der Waals surface area contributed by atoms with Crippen molar-refractivity contribution < 1.29 is 0 Å². The first kappa shape index (κ1) is 10.3. The van der Waals surface area contributed by atoms with Gasteiger partial charge in [0.1, 0.15) is 5.82 Å². The molecule has 2 heterocycles. The molecule has 0 saturated carbocycles. The van der Waals surface area contributed by atoms with Crippen LogP contribution in [0.25, 0.3) is 0 Å². The van der Waals surface area contributed by atoms with Crippen LogP contribution in [0.15, 0.2) is 18.3 Å². The maximum Gasteiger partial charge on any atom is 0.128 e. The third-order valence-electron chi connectivity index (χ3n) is 2.30. The average Bonchev–Trinajstić information content (AvgIpc) is 2.30. The zero-order chi connectivity index (χ0) is 9.80. The first-order valence-electron chi connectivity index (χ1n) is 4.74. The number of pyridine rings is 1. The highest BCUT2D eigenvalue weighted by Gasteiger charge is 2.11. The van der Waals surface area contributed by atoms with Gasteiger partial charge < -0.3 is 4.90 Å². The summed E-state index contributed by atoms with van der Waals surface area (Å²) in [4.78, 5) is 6.82. The summed E-state index contributed by atoms with van der Waals surface area (Å²) in [6, 6.07) is 4.26. The number of aromatic nitrogens is 1. The third-order valence-corrected chi connectivity index (χ3v) is 3.89. The van der Waals surface area contributed by atoms with Crippen molar-refractivity contribution in [2.45, 2.75) is 5.33 Å². The van der Waals surface area contributed by atoms with Crippen molar-refractivity contribution in [1.82, 2.24) is 4.98 Å². The van der Waals surface area contributed by atoms with Crippen molar-refractivity contribution in [3.8, 4) is 0 Å². The molecule has 0 aliphatic carbocycles. The van der Waals surface area contributed by atoms with Crippen LogP contribution in [0.3, 0.4) is 0 Å². The van der Waals surface area contributed by atoms with Gasteiger partial charge in [0.15, 0.2) is 0 Å². The normalized spacial score (nSPS) is 17.1. The predicted octanol–water partition coefficient (Wildman–Crippen LogP) is 2.53. The third kappa shape index (κ3) is 2.42. The van der Waals surface area contributed by atoms with E-state index in [9.17, 15) is 0 Å². The van der Waals surface area contributed by atoms with E-state index >= 15 is 0 Å². The number of thioether (sulfide) groups is 1. The molecule has 0 atom stereocenters. The number of anilines is 1. The van der Waals surface area contributed by atoms with Crippen LogP contribution in [0.4, 0.5) is 5.82 Å². The molecule has 0 radical (unpaired) electrons. The van der Waals surface area contributed by atoms with Gasteiger partial charge >= 0.3 is 0 Å². The number of halogens is 1. The van der Waals surface area contributed by atoms with E-state index in [-0.39, 0.29) is 0 Å². The molecule has 4 heteroatoms. The molecule has 2 nitrogen and oxygen atoms in total. The Kier molecular flexibility index (Phi) is 3.70. The molecular weight excluding hydrogens is 260 g/mol. The Labute approximate surface area is 97.2 Å². The van der Waals surface area contributed by atoms with E-state index in [4.69, 9.17) is 0 Å². The molecule has 14 heavy (non-hydrogen) atoms. The van der Waals surface area contributed by atoms with Crippen LogP contribution >= 0.6 is 27.7 Å². The zero-order valence-electron chi connectivity index (χ0n) is 7.95. The molecule has 0 aromatic carbocycles. The Bertz CT molecular complexity index is 283. The summed E-state index contributed by atoms with van der Waals surface area (Å²) in [7, 11) is 0. The van der Waals surface area contributed by atoms with Gasteiger partial charge in [0, 0.05) is 36.1 Å². The largest absolute Gasteiger partial charge is 0.355 e. The Hall–Kier alpha value is -0.220. The van der Waals surface area contributed by atoms with E-state index in [0.717, 1.165) is 24.2 Å². The molecule has 1 aromatic rings. The lowest BCUT2D eigenvalue weighted by Gasteiger charge is -2.27. The minimum absolute atomic E-state index is 0.885. The van der Waals surface area contributed by atoms with Crippen molar-refractivity contribution >= 4 is 33.5 Å². The summed E-state index contributed by atoms with van der Waals surface area (Å²) in [5, 5.41) is 0.885. The lowest BCUT2D eigenvalue weighted by Crippen LogP contribution is -2.32. The second-order valence-electron chi connectivity index (χ2n) is 3.26. The lowest BCUT2D eigenvalue weighted by atomic mass is 10.3. The van der Waals surface area contributed by atoms with E-state index in [1.165, 1.54) is 17.1 Å². The molecule has 1 aliphatic heterocycles. The molecule has 2 rings (SSSR count). The number of hydrogen-bond acceptors (Lipinski definition) is 3. The van der Waals surface area contributed by atoms with E-state index in [1.807, 2.05) is 18.0 Å². The van der Waals surface area contributed by atoms with Crippen molar-refractivity contribution in [3.63, 3.8) is 0 Å². The quantitative estimate of drug-likeness (QED) is 0.770. The molecule has 1 aromatic heterocycles. The highest BCUT2D eigenvalue weighted by Crippen LogP contribution is 2.17. The van der Waals surface area contributed by atoms with Crippen molar-refractivity contribution in [1.29, 1.82) is 0 Å². The fourth-order valence-electron chi connectivity index (χ4n) is 1.48. The topological polar surface area (TPSA) is 16.1 Å². The van der Waals surface area contributed by atoms with Gasteiger partial charge in [0.2, 0.25) is 0 Å². The van der Waals surface area contributed by atoms with E-state index < -0.39 is 0 Å². The second-order valence-corrected chi connectivity index (χ2v) is 5.04. The summed E-state index contributed by atoms with van der Waals surface area (Å²) < 4.78 is 0. The molecule has 1 saturated heterocycles. The summed E-state index contributed by atoms with van der Waals surface area (Å²) in [5.74, 6) is 3.57. The van der Waals surface area contributed by atoms with Gasteiger partial charge in [-0.2, -0.15) is 11.8 Å². The highest BCUT2D eigenvalue weighted by atomic mass is 79.9. The zero-order valence-corrected chi connectivity index (χ0v) is 10.4. The maximum absolute atomic E-state index is 4.46. The standard InChI is InChI=1S/C10H13BrN2S/c11-7-9-1-2-10(12-8-9)13-3-5-14-6-4-13/h1-2,8H,3-7H2. The molecule has 0 amide bonds. The van der Waals surface area contributed by atoms with Gasteiger partial charge in [-0.25, -0.2) is 4.98 Å². The lowest BCUT2D eigenvalue weighted by molar-refractivity contribution is 0.838. The monoisotopic (exact) mass is 272 g/mol. The molecule has 0 unspecified atom stereocenters. The molecular formula is C10H13BrN2S. The molecule has 0 spiro atoms. The first-order chi connectivity index (χ1) is 6.90. The van der Waals surface area contributed by atoms with Gasteiger partial charge in [0.05, 0.1) is 0 Å². The smallest absolute Gasteiger partial charge is 0.128 e. The molecule has 0 bridgehead atoms. The van der Waals surface area contributed by atoms with E-state index in [1.54, 1.807) is 0 Å². The number of rotatable bonds is 2. The van der Waals surface area contributed by atoms with Gasteiger partial charge in [-0.05, 0) is 11.6 Å². The highest BCUT2D eigenvalue weighted by molar-refractivity contribution is 9.08. The van der Waals surface area contributed by atoms with Crippen LogP contribution in [0.1, 0.15) is 5.56 Å². The van der Waals surface area contributed by atoms with Crippen LogP contribution in [0.5, 0.6) is 0 Å². The minimum atomic E-state index is 0.885. The van der Waals surface area contributed by atoms with Crippen molar-refractivity contribution in [2.24, 2.45) is 0 Å². The fourth-order valence-corrected chi connectivity index (χ4v) is 2.71. The number of nitrogens with zero attached hydrogens (tertiary/aromatic N) is 2. The molecule has 0 N–H and O–H groups in total. The number of hydrogen-bond donors (Lipinski definition) is 0. The summed E-state index contributed by atoms with van der Waals surface area (Å²) >= 11 is 5.45. The Morgan fingerprint density at radius 2 is 2.14 bits per heavy atom. The summed E-state index contributed by atoms with van der Waals surface area (Å²) in [5.41, 5.74) is 1.24. The van der Waals surface area contributed by atoms with Crippen molar-refractivity contribution in [3.05, 3.63) is 23.9 Å². The minimum Gasteiger partial charge on any atom is -0.355 e. The Balaban J connectivity index is 2.07. The van der Waals surface area contributed by atoms with Gasteiger partial charge in [-0.3, -0.25) is 0 Å². The molecule has 76 valence electrons. The van der Waals surface area contributed by atoms with Crippen LogP contribution in [0.2, 0.25) is 0 Å². The molecule has 1 fully saturated rings. The van der Waals surface area contributed by atoms with Crippen LogP contribution in [0, 0.1) is 0 Å². The average molecular weight is 273 g/mol. The van der Waals surface area contributed by atoms with Crippen LogP contribution < -0.4 is 4.90 Å². The maximum atomic E-state index is 4.46. The van der Waals surface area contributed by atoms with Gasteiger partial charge in [-0.15, -0.1) is 0 Å². The Morgan fingerprint density at radius 1 is 1.36 bits per heavy atom. The summed E-state index contributed by atoms with van der Waals surface area (Å²) in [6.07, 6.45) is 1.95. The van der Waals surface area contributed by atoms with Gasteiger partial charge in [-0.1, -0.05) is 22.0 Å². The summed E-state index contributed by atoms with van der Waals surface area (Å²) in [6.45, 7) is 2.26. The second kappa shape index (κ2) is 5.03. The Morgan fingerprint density at radius 3 is 2.71 bits per heavy atom. The fraction of sp³-hybridized carbons (Fsp3) is 0.500. The van der Waals surface area contributed by atoms with Crippen molar-refractivity contribution in [2.75, 3.05) is 29.5 Å². The SMILES string of the molecule is BrCc1ccc(N2CCSCC2)nc1. The van der Waals surface area contributed by atoms with E-state index in [0.29, 0.717) is 0 Å². The molecule has 1 aliphatic rings. The van der Waals surface area contributed by atoms with Crippen LogP contribution in [-0.2, 0) is 5.33 Å². The van der Waals surface area contributed by atoms with Crippen LogP contribution in [-0.4, -0.2) is 29.6 Å². The van der Waals surface area contributed by atoms with Gasteiger partial charge in [0.25, 0.3) is 0 Å². The first-order valence-corrected chi connectivity index (χ1v) is 7.01. The predicted molar refractivity (Wildman–Crippen MR) is 66.4 cm³/mol. The van der Waals surface area contributed by atoms with E-state index in [2.05, 4.69) is 37.9 Å².